The molecule has 1 aliphatic carbocycles. The van der Waals surface area contributed by atoms with E-state index in [4.69, 9.17) is 9.47 Å². The number of carbonyl (C=O) groups excluding carboxylic acids is 1. The Hall–Kier alpha value is -1.80. The van der Waals surface area contributed by atoms with Crippen molar-refractivity contribution in [2.24, 2.45) is 5.92 Å². The maximum Gasteiger partial charge on any atom is 0.231 e. The van der Waals surface area contributed by atoms with E-state index in [1.165, 1.54) is 4.31 Å². The zero-order chi connectivity index (χ0) is 20.4. The van der Waals surface area contributed by atoms with Gasteiger partial charge in [0.2, 0.25) is 22.7 Å². The summed E-state index contributed by atoms with van der Waals surface area (Å²) in [6, 6.07) is 6.14. The van der Waals surface area contributed by atoms with Crippen LogP contribution >= 0.6 is 0 Å². The zero-order valence-electron chi connectivity index (χ0n) is 17.0. The van der Waals surface area contributed by atoms with Gasteiger partial charge in [0.1, 0.15) is 0 Å². The number of rotatable bonds is 6. The molecule has 0 N–H and O–H groups in total. The molecule has 0 unspecified atom stereocenters. The van der Waals surface area contributed by atoms with Crippen LogP contribution in [-0.2, 0) is 21.4 Å². The molecule has 7 nitrogen and oxygen atoms in total. The number of ether oxygens (including phenoxy) is 2. The summed E-state index contributed by atoms with van der Waals surface area (Å²) in [7, 11) is -3.18. The monoisotopic (exact) mass is 422 g/mol. The first-order valence-corrected chi connectivity index (χ1v) is 12.3. The lowest BCUT2D eigenvalue weighted by molar-refractivity contribution is -0.139. The number of piperidine rings is 1. The van der Waals surface area contributed by atoms with Gasteiger partial charge in [-0.1, -0.05) is 18.9 Å². The molecule has 4 rings (SSSR count). The van der Waals surface area contributed by atoms with Gasteiger partial charge in [-0.05, 0) is 50.3 Å². The Kier molecular flexibility index (Phi) is 6.01. The molecule has 8 heteroatoms. The van der Waals surface area contributed by atoms with Crippen molar-refractivity contribution in [3.05, 3.63) is 23.8 Å². The smallest absolute Gasteiger partial charge is 0.231 e. The molecule has 0 aromatic heterocycles. The quantitative estimate of drug-likeness (QED) is 0.705. The number of nitrogens with zero attached hydrogens (tertiary/aromatic N) is 2. The van der Waals surface area contributed by atoms with Gasteiger partial charge in [0, 0.05) is 31.6 Å². The first-order chi connectivity index (χ1) is 14.0. The molecule has 0 radical (unpaired) electrons. The second-order valence-electron chi connectivity index (χ2n) is 8.17. The average molecular weight is 423 g/mol. The topological polar surface area (TPSA) is 76.2 Å². The highest BCUT2D eigenvalue weighted by atomic mass is 32.2. The summed E-state index contributed by atoms with van der Waals surface area (Å²) in [5, 5.41) is 0. The Morgan fingerprint density at radius 3 is 2.48 bits per heavy atom. The fourth-order valence-corrected chi connectivity index (χ4v) is 5.77. The minimum Gasteiger partial charge on any atom is -0.454 e. The highest BCUT2D eigenvalue weighted by molar-refractivity contribution is 7.89. The number of sulfonamides is 1. The van der Waals surface area contributed by atoms with Crippen LogP contribution in [0.3, 0.4) is 0 Å². The summed E-state index contributed by atoms with van der Waals surface area (Å²) in [6.45, 7) is 3.35. The van der Waals surface area contributed by atoms with Gasteiger partial charge in [0.05, 0.1) is 5.75 Å². The molecule has 2 aliphatic heterocycles. The van der Waals surface area contributed by atoms with Crippen LogP contribution in [0.4, 0.5) is 0 Å². The van der Waals surface area contributed by atoms with Gasteiger partial charge in [-0.2, -0.15) is 0 Å². The van der Waals surface area contributed by atoms with Crippen molar-refractivity contribution in [2.75, 3.05) is 25.6 Å². The van der Waals surface area contributed by atoms with Crippen molar-refractivity contribution in [1.82, 2.24) is 9.21 Å². The molecule has 160 valence electrons. The molecule has 1 saturated heterocycles. The van der Waals surface area contributed by atoms with Gasteiger partial charge in [-0.3, -0.25) is 4.79 Å². The predicted octanol–water partition coefficient (Wildman–Crippen LogP) is 2.75. The van der Waals surface area contributed by atoms with E-state index in [9.17, 15) is 13.2 Å². The van der Waals surface area contributed by atoms with Crippen LogP contribution in [-0.4, -0.2) is 55.2 Å². The first-order valence-electron chi connectivity index (χ1n) is 10.6. The van der Waals surface area contributed by atoms with Crippen molar-refractivity contribution < 1.29 is 22.7 Å². The summed E-state index contributed by atoms with van der Waals surface area (Å²) in [5.41, 5.74) is 1.04. The van der Waals surface area contributed by atoms with E-state index in [1.807, 2.05) is 23.1 Å². The number of carbonyl (C=O) groups is 1. The highest BCUT2D eigenvalue weighted by Gasteiger charge is 2.35. The lowest BCUT2D eigenvalue weighted by atomic mass is 9.95. The van der Waals surface area contributed by atoms with E-state index in [-0.39, 0.29) is 30.4 Å². The second-order valence-corrected chi connectivity index (χ2v) is 10.4. The van der Waals surface area contributed by atoms with Gasteiger partial charge >= 0.3 is 0 Å². The third kappa shape index (κ3) is 4.38. The minimum absolute atomic E-state index is 0.104. The van der Waals surface area contributed by atoms with Gasteiger partial charge in [-0.15, -0.1) is 0 Å². The van der Waals surface area contributed by atoms with Crippen LogP contribution in [0.5, 0.6) is 11.5 Å². The molecule has 0 atom stereocenters. The summed E-state index contributed by atoms with van der Waals surface area (Å²) in [5.74, 6) is 1.66. The number of hydrogen-bond acceptors (Lipinski definition) is 5. The van der Waals surface area contributed by atoms with Crippen molar-refractivity contribution in [2.45, 2.75) is 58.0 Å². The number of fused-ring (bicyclic) bond motifs is 1. The maximum absolute atomic E-state index is 13.5. The standard InChI is InChI=1S/C21H30N2O5S/c1-2-29(25,26)22-11-9-17(10-12-22)21(24)23(18-5-3-4-6-18)14-16-7-8-19-20(13-16)28-15-27-19/h7-8,13,17-18H,2-6,9-12,14-15H2,1H3. The van der Waals surface area contributed by atoms with Gasteiger partial charge in [0.25, 0.3) is 0 Å². The molecular weight excluding hydrogens is 392 g/mol. The number of hydrogen-bond donors (Lipinski definition) is 0. The fraction of sp³-hybridized carbons (Fsp3) is 0.667. The van der Waals surface area contributed by atoms with Crippen molar-refractivity contribution >= 4 is 15.9 Å². The zero-order valence-corrected chi connectivity index (χ0v) is 17.8. The molecule has 0 bridgehead atoms. The largest absolute Gasteiger partial charge is 0.454 e. The van der Waals surface area contributed by atoms with E-state index < -0.39 is 10.0 Å². The predicted molar refractivity (Wildman–Crippen MR) is 109 cm³/mol. The molecule has 1 saturated carbocycles. The third-order valence-electron chi connectivity index (χ3n) is 6.40. The van der Waals surface area contributed by atoms with E-state index >= 15 is 0 Å². The van der Waals surface area contributed by atoms with E-state index in [0.29, 0.717) is 32.5 Å². The minimum atomic E-state index is -3.18. The van der Waals surface area contributed by atoms with Crippen LogP contribution in [0.2, 0.25) is 0 Å². The van der Waals surface area contributed by atoms with Crippen LogP contribution in [0.25, 0.3) is 0 Å². The fourth-order valence-electron chi connectivity index (χ4n) is 4.64. The van der Waals surface area contributed by atoms with E-state index in [0.717, 1.165) is 42.7 Å². The molecule has 29 heavy (non-hydrogen) atoms. The Bertz CT molecular complexity index is 843. The lowest BCUT2D eigenvalue weighted by Crippen LogP contribution is -2.47. The Morgan fingerprint density at radius 2 is 1.79 bits per heavy atom. The van der Waals surface area contributed by atoms with Crippen LogP contribution < -0.4 is 9.47 Å². The SMILES string of the molecule is CCS(=O)(=O)N1CCC(C(=O)N(Cc2ccc3c(c2)OCO3)C2CCCC2)CC1. The summed E-state index contributed by atoms with van der Waals surface area (Å²) < 4.78 is 36.6. The van der Waals surface area contributed by atoms with Crippen molar-refractivity contribution in [1.29, 1.82) is 0 Å². The molecule has 2 heterocycles. The summed E-state index contributed by atoms with van der Waals surface area (Å²) in [4.78, 5) is 15.5. The van der Waals surface area contributed by atoms with Crippen LogP contribution in [0.15, 0.2) is 18.2 Å². The normalized spacial score (nSPS) is 20.9. The molecule has 1 aromatic carbocycles. The van der Waals surface area contributed by atoms with Crippen molar-refractivity contribution in [3.8, 4) is 11.5 Å². The van der Waals surface area contributed by atoms with E-state index in [1.54, 1.807) is 6.92 Å². The molecular formula is C21H30N2O5S. The van der Waals surface area contributed by atoms with Crippen LogP contribution in [0.1, 0.15) is 51.0 Å². The van der Waals surface area contributed by atoms with Crippen LogP contribution in [0, 0.1) is 5.92 Å². The highest BCUT2D eigenvalue weighted by Crippen LogP contribution is 2.34. The van der Waals surface area contributed by atoms with E-state index in [2.05, 4.69) is 0 Å². The molecule has 3 aliphatic rings. The van der Waals surface area contributed by atoms with Gasteiger partial charge < -0.3 is 14.4 Å². The second kappa shape index (κ2) is 8.52. The summed E-state index contributed by atoms with van der Waals surface area (Å²) in [6.07, 6.45) is 5.59. The average Bonchev–Trinajstić information content (AvgIpc) is 3.43. The lowest BCUT2D eigenvalue weighted by Gasteiger charge is -2.36. The Balaban J connectivity index is 1.46. The van der Waals surface area contributed by atoms with Gasteiger partial charge in [-0.25, -0.2) is 12.7 Å². The molecule has 1 aromatic rings. The molecule has 2 fully saturated rings. The first kappa shape index (κ1) is 20.5. The third-order valence-corrected chi connectivity index (χ3v) is 8.28. The number of benzene rings is 1. The Morgan fingerprint density at radius 1 is 1.10 bits per heavy atom. The van der Waals surface area contributed by atoms with Gasteiger partial charge in [0.15, 0.2) is 11.5 Å². The Labute approximate surface area is 173 Å². The molecule has 0 spiro atoms. The molecule has 1 amide bonds. The number of amides is 1. The maximum atomic E-state index is 13.5. The summed E-state index contributed by atoms with van der Waals surface area (Å²) >= 11 is 0. The van der Waals surface area contributed by atoms with Crippen molar-refractivity contribution in [3.63, 3.8) is 0 Å².